The minimum Gasteiger partial charge on any atom is -0.481 e. The molecule has 1 rings (SSSR count). The zero-order valence-corrected chi connectivity index (χ0v) is 22.0. The Morgan fingerprint density at radius 3 is 2.62 bits per heavy atom. The molecule has 0 radical (unpaired) electrons. The first-order chi connectivity index (χ1) is 14.0. The summed E-state index contributed by atoms with van der Waals surface area (Å²) in [5.41, 5.74) is 0. The summed E-state index contributed by atoms with van der Waals surface area (Å²) in [5.74, 6) is 2.23. The third-order valence-electron chi connectivity index (χ3n) is 6.69. The Bertz CT molecular complexity index is 457. The Kier molecular flexibility index (Phi) is 16.0. The average Bonchev–Trinajstić information content (AvgIpc) is 2.97. The van der Waals surface area contributed by atoms with Crippen molar-refractivity contribution in [3.63, 3.8) is 0 Å². The van der Waals surface area contributed by atoms with Gasteiger partial charge in [-0.2, -0.15) is 0 Å². The molecule has 2 unspecified atom stereocenters. The number of hydrogen-bond donors (Lipinski definition) is 1. The van der Waals surface area contributed by atoms with Crippen molar-refractivity contribution in [2.75, 3.05) is 0 Å². The number of aliphatic carboxylic acids is 1. The van der Waals surface area contributed by atoms with E-state index in [1.807, 2.05) is 0 Å². The van der Waals surface area contributed by atoms with Gasteiger partial charge in [0, 0.05) is 6.42 Å². The number of carboxylic acid groups (broad SMARTS) is 1. The number of carbonyl (C=O) groups is 1. The van der Waals surface area contributed by atoms with Gasteiger partial charge in [0.2, 0.25) is 0 Å². The van der Waals surface area contributed by atoms with E-state index in [-0.39, 0.29) is 6.42 Å². The van der Waals surface area contributed by atoms with Crippen LogP contribution in [0.4, 0.5) is 0 Å². The number of unbranched alkanes of at least 4 members (excludes halogenated alkanes) is 5. The van der Waals surface area contributed by atoms with Crippen molar-refractivity contribution < 1.29 is 14.4 Å². The summed E-state index contributed by atoms with van der Waals surface area (Å²) in [6.45, 7) is 7.66. The molecule has 1 fully saturated rings. The molecule has 0 bridgehead atoms. The normalized spacial score (nSPS) is 26.1. The van der Waals surface area contributed by atoms with Crippen LogP contribution in [0.3, 0.4) is 0 Å². The number of rotatable bonds is 17. The predicted octanol–water partition coefficient (Wildman–Crippen LogP) is 8.57. The Morgan fingerprint density at radius 2 is 1.93 bits per heavy atom. The van der Waals surface area contributed by atoms with Crippen molar-refractivity contribution in [2.45, 2.75) is 110 Å². The first-order valence-corrected chi connectivity index (χ1v) is 15.9. The second-order valence-corrected chi connectivity index (χ2v) is 10.9. The highest BCUT2D eigenvalue weighted by atomic mass is 127. The van der Waals surface area contributed by atoms with Crippen LogP contribution in [0.5, 0.6) is 0 Å². The van der Waals surface area contributed by atoms with Crippen LogP contribution in [0, 0.1) is 23.7 Å². The van der Waals surface area contributed by atoms with E-state index in [1.54, 1.807) is 0 Å². The smallest absolute Gasteiger partial charge is 0.303 e. The van der Waals surface area contributed by atoms with Gasteiger partial charge in [-0.15, -0.1) is 0 Å². The molecule has 0 saturated heterocycles. The molecule has 5 heteroatoms. The van der Waals surface area contributed by atoms with Crippen LogP contribution in [0.1, 0.15) is 104 Å². The van der Waals surface area contributed by atoms with Crippen molar-refractivity contribution in [1.82, 2.24) is 0 Å². The van der Waals surface area contributed by atoms with Crippen molar-refractivity contribution >= 4 is 34.5 Å². The van der Waals surface area contributed by atoms with Crippen molar-refractivity contribution in [3.05, 3.63) is 12.2 Å². The molecule has 0 heterocycles. The monoisotopic (exact) mass is 538 g/mol. The topological polar surface area (TPSA) is 46.5 Å². The molecule has 6 atom stereocenters. The molecule has 0 aliphatic heterocycles. The van der Waals surface area contributed by atoms with E-state index >= 15 is 0 Å². The zero-order chi connectivity index (χ0) is 21.5. The molecule has 0 aromatic carbocycles. The maximum atomic E-state index is 10.6. The first-order valence-electron chi connectivity index (χ1n) is 11.9. The van der Waals surface area contributed by atoms with Gasteiger partial charge < -0.3 is 9.63 Å². The third kappa shape index (κ3) is 12.1. The lowest BCUT2D eigenvalue weighted by molar-refractivity contribution is -0.137. The van der Waals surface area contributed by atoms with E-state index < -0.39 is 5.97 Å². The third-order valence-corrected chi connectivity index (χ3v) is 7.84. The summed E-state index contributed by atoms with van der Waals surface area (Å²) < 4.78 is 6.17. The number of carboxylic acids is 1. The highest BCUT2D eigenvalue weighted by molar-refractivity contribution is 14.2. The molecule has 1 aliphatic carbocycles. The lowest BCUT2D eigenvalue weighted by atomic mass is 9.82. The highest BCUT2D eigenvalue weighted by Gasteiger charge is 2.40. The van der Waals surface area contributed by atoms with Gasteiger partial charge in [-0.1, -0.05) is 77.9 Å². The summed E-state index contributed by atoms with van der Waals surface area (Å²) in [7, 11) is 0. The SMILES string of the molecule is CCCCCCCC(C)CC[C@@H]1[C@@H](C/C=C\CCCC(=O)O)[C@@H](C)C[C@H]1OPI. The Hall–Kier alpha value is 0.330. The fourth-order valence-corrected chi connectivity index (χ4v) is 6.24. The van der Waals surface area contributed by atoms with Crippen LogP contribution in [0.2, 0.25) is 0 Å². The van der Waals surface area contributed by atoms with E-state index in [0.717, 1.165) is 25.2 Å². The van der Waals surface area contributed by atoms with Gasteiger partial charge in [0.1, 0.15) is 0 Å². The summed E-state index contributed by atoms with van der Waals surface area (Å²) in [4.78, 5) is 10.6. The fourth-order valence-electron chi connectivity index (χ4n) is 4.87. The highest BCUT2D eigenvalue weighted by Crippen LogP contribution is 2.46. The minimum absolute atomic E-state index is 0.273. The van der Waals surface area contributed by atoms with Crippen LogP contribution < -0.4 is 0 Å². The molecule has 0 aromatic rings. The van der Waals surface area contributed by atoms with E-state index in [9.17, 15) is 4.79 Å². The molecular weight excluding hydrogens is 494 g/mol. The quantitative estimate of drug-likeness (QED) is 0.0874. The van der Waals surface area contributed by atoms with Gasteiger partial charge in [0.05, 0.1) is 12.6 Å². The average molecular weight is 538 g/mol. The molecular formula is C24H44IO3P. The molecule has 0 spiro atoms. The van der Waals surface area contributed by atoms with Crippen molar-refractivity contribution in [1.29, 1.82) is 0 Å². The summed E-state index contributed by atoms with van der Waals surface area (Å²) >= 11 is 2.36. The van der Waals surface area contributed by atoms with Crippen LogP contribution >= 0.6 is 28.5 Å². The first kappa shape index (κ1) is 27.4. The summed E-state index contributed by atoms with van der Waals surface area (Å²) in [6.07, 6.45) is 20.0. The number of allylic oxidation sites excluding steroid dienone is 2. The number of hydrogen-bond acceptors (Lipinski definition) is 2. The zero-order valence-electron chi connectivity index (χ0n) is 18.9. The lowest BCUT2D eigenvalue weighted by Gasteiger charge is -2.26. The standard InChI is InChI=1S/C24H44IO3P/c1-4-5-6-7-10-13-19(2)16-17-22-21(20(3)18-23(22)28-29-25)14-11-8-9-12-15-24(26)27/h8,11,19-23,29H,4-7,9-10,12-18H2,1-3H3,(H,26,27)/b11-8-/t19?,20-,21-,22+,23+/m0/s1. The van der Waals surface area contributed by atoms with E-state index in [2.05, 4.69) is 55.0 Å². The van der Waals surface area contributed by atoms with Gasteiger partial charge in [0.25, 0.3) is 0 Å². The maximum absolute atomic E-state index is 10.6. The van der Waals surface area contributed by atoms with Crippen LogP contribution in [0.15, 0.2) is 12.2 Å². The van der Waals surface area contributed by atoms with Gasteiger partial charge in [0.15, 0.2) is 0 Å². The second-order valence-electron chi connectivity index (χ2n) is 9.15. The van der Waals surface area contributed by atoms with Gasteiger partial charge in [-0.3, -0.25) is 4.79 Å². The van der Waals surface area contributed by atoms with Gasteiger partial charge in [-0.05, 0) is 77.8 Å². The summed E-state index contributed by atoms with van der Waals surface area (Å²) in [5, 5.41) is 8.75. The van der Waals surface area contributed by atoms with E-state index in [0.29, 0.717) is 30.3 Å². The molecule has 3 nitrogen and oxygen atoms in total. The maximum Gasteiger partial charge on any atom is 0.303 e. The Balaban J connectivity index is 2.45. The lowest BCUT2D eigenvalue weighted by Crippen LogP contribution is -2.21. The fraction of sp³-hybridized carbons (Fsp3) is 0.875. The van der Waals surface area contributed by atoms with Gasteiger partial charge >= 0.3 is 5.97 Å². The van der Waals surface area contributed by atoms with Crippen LogP contribution in [0.25, 0.3) is 0 Å². The van der Waals surface area contributed by atoms with E-state index in [4.69, 9.17) is 9.63 Å². The minimum atomic E-state index is -0.693. The second kappa shape index (κ2) is 17.0. The molecule has 170 valence electrons. The van der Waals surface area contributed by atoms with Crippen LogP contribution in [-0.2, 0) is 9.32 Å². The molecule has 0 aromatic heterocycles. The number of halogens is 1. The molecule has 29 heavy (non-hydrogen) atoms. The van der Waals surface area contributed by atoms with Crippen LogP contribution in [-0.4, -0.2) is 17.2 Å². The molecule has 0 amide bonds. The molecule has 1 aliphatic rings. The Morgan fingerprint density at radius 1 is 1.17 bits per heavy atom. The van der Waals surface area contributed by atoms with Crippen molar-refractivity contribution in [3.8, 4) is 0 Å². The molecule has 1 N–H and O–H groups in total. The molecule has 1 saturated carbocycles. The summed E-state index contributed by atoms with van der Waals surface area (Å²) in [6, 6.07) is 0. The van der Waals surface area contributed by atoms with Crippen molar-refractivity contribution in [2.24, 2.45) is 23.7 Å². The predicted molar refractivity (Wildman–Crippen MR) is 135 cm³/mol. The van der Waals surface area contributed by atoms with E-state index in [1.165, 1.54) is 57.8 Å². The Labute approximate surface area is 194 Å². The van der Waals surface area contributed by atoms with Gasteiger partial charge in [-0.25, -0.2) is 0 Å². The largest absolute Gasteiger partial charge is 0.481 e.